The largest absolute Gasteiger partial charge is 0.420 e. The molecule has 1 N–H and O–H groups in total. The molecule has 1 heterocycles. The summed E-state index contributed by atoms with van der Waals surface area (Å²) in [4.78, 5) is 24.1. The summed E-state index contributed by atoms with van der Waals surface area (Å²) in [5.41, 5.74) is 2.07. The van der Waals surface area contributed by atoms with Crippen molar-refractivity contribution in [3.05, 3.63) is 70.5 Å². The van der Waals surface area contributed by atoms with E-state index < -0.39 is 5.76 Å². The van der Waals surface area contributed by atoms with Crippen molar-refractivity contribution >= 4 is 17.0 Å². The lowest BCUT2D eigenvalue weighted by molar-refractivity contribution is -0.121. The molecular weight excluding hydrogens is 311 g/mol. The van der Waals surface area contributed by atoms with E-state index in [4.69, 9.17) is 4.42 Å². The molecule has 0 saturated heterocycles. The SMILES string of the molecule is O=C(Cn1c(=O)oc2ccccc21)N[C@@H]1C[C@H]1c1ccc(F)cc1. The second-order valence-electron chi connectivity index (χ2n) is 5.99. The maximum absolute atomic E-state index is 12.9. The molecule has 122 valence electrons. The number of nitrogens with zero attached hydrogens (tertiary/aromatic N) is 1. The number of halogens is 1. The van der Waals surface area contributed by atoms with Crippen LogP contribution < -0.4 is 11.1 Å². The van der Waals surface area contributed by atoms with Crippen molar-refractivity contribution in [3.8, 4) is 0 Å². The van der Waals surface area contributed by atoms with E-state index in [2.05, 4.69) is 5.32 Å². The smallest absolute Gasteiger partial charge is 0.408 e. The van der Waals surface area contributed by atoms with Gasteiger partial charge >= 0.3 is 5.76 Å². The van der Waals surface area contributed by atoms with E-state index in [1.165, 1.54) is 16.7 Å². The molecule has 2 atom stereocenters. The second kappa shape index (κ2) is 5.63. The Bertz CT molecular complexity index is 958. The van der Waals surface area contributed by atoms with Crippen LogP contribution in [0.4, 0.5) is 4.39 Å². The van der Waals surface area contributed by atoms with Crippen molar-refractivity contribution in [2.45, 2.75) is 24.9 Å². The number of aromatic nitrogens is 1. The lowest BCUT2D eigenvalue weighted by atomic mass is 10.1. The number of hydrogen-bond donors (Lipinski definition) is 1. The van der Waals surface area contributed by atoms with Gasteiger partial charge < -0.3 is 9.73 Å². The third-order valence-corrected chi connectivity index (χ3v) is 4.31. The fraction of sp³-hybridized carbons (Fsp3) is 0.222. The third-order valence-electron chi connectivity index (χ3n) is 4.31. The van der Waals surface area contributed by atoms with E-state index in [0.29, 0.717) is 11.1 Å². The summed E-state index contributed by atoms with van der Waals surface area (Å²) in [6.45, 7) is -0.0809. The maximum Gasteiger partial charge on any atom is 0.420 e. The van der Waals surface area contributed by atoms with E-state index in [1.807, 2.05) is 0 Å². The van der Waals surface area contributed by atoms with Crippen LogP contribution in [0.1, 0.15) is 17.9 Å². The van der Waals surface area contributed by atoms with Crippen LogP contribution in [-0.2, 0) is 11.3 Å². The van der Waals surface area contributed by atoms with Gasteiger partial charge in [0, 0.05) is 12.0 Å². The Labute approximate surface area is 136 Å². The first kappa shape index (κ1) is 14.7. The Morgan fingerprint density at radius 2 is 1.96 bits per heavy atom. The van der Waals surface area contributed by atoms with E-state index in [9.17, 15) is 14.0 Å². The molecule has 2 aromatic carbocycles. The predicted molar refractivity (Wildman–Crippen MR) is 86.2 cm³/mol. The monoisotopic (exact) mass is 326 g/mol. The molecule has 1 aliphatic carbocycles. The van der Waals surface area contributed by atoms with Gasteiger partial charge in [-0.25, -0.2) is 9.18 Å². The molecule has 1 fully saturated rings. The summed E-state index contributed by atoms with van der Waals surface area (Å²) < 4.78 is 19.4. The van der Waals surface area contributed by atoms with Crippen LogP contribution in [0, 0.1) is 5.82 Å². The zero-order valence-corrected chi connectivity index (χ0v) is 12.7. The zero-order valence-electron chi connectivity index (χ0n) is 12.7. The van der Waals surface area contributed by atoms with Crippen molar-refractivity contribution in [1.82, 2.24) is 9.88 Å². The van der Waals surface area contributed by atoms with Crippen LogP contribution in [0.3, 0.4) is 0 Å². The first-order chi connectivity index (χ1) is 11.6. The second-order valence-corrected chi connectivity index (χ2v) is 5.99. The number of fused-ring (bicyclic) bond motifs is 1. The van der Waals surface area contributed by atoms with Crippen molar-refractivity contribution in [2.24, 2.45) is 0 Å². The Morgan fingerprint density at radius 1 is 1.21 bits per heavy atom. The van der Waals surface area contributed by atoms with Crippen molar-refractivity contribution in [1.29, 1.82) is 0 Å². The van der Waals surface area contributed by atoms with E-state index in [0.717, 1.165) is 12.0 Å². The van der Waals surface area contributed by atoms with E-state index in [-0.39, 0.29) is 30.2 Å². The summed E-state index contributed by atoms with van der Waals surface area (Å²) in [6.07, 6.45) is 0.818. The van der Waals surface area contributed by atoms with Crippen LogP contribution in [0.15, 0.2) is 57.7 Å². The minimum atomic E-state index is -0.544. The maximum atomic E-state index is 12.9. The fourth-order valence-corrected chi connectivity index (χ4v) is 2.99. The Hall–Kier alpha value is -2.89. The van der Waals surface area contributed by atoms with Gasteiger partial charge in [0.15, 0.2) is 5.58 Å². The number of nitrogens with one attached hydrogen (secondary N) is 1. The molecule has 0 bridgehead atoms. The van der Waals surface area contributed by atoms with E-state index in [1.54, 1.807) is 36.4 Å². The molecule has 24 heavy (non-hydrogen) atoms. The normalized spacial score (nSPS) is 19.4. The van der Waals surface area contributed by atoms with Gasteiger partial charge in [-0.1, -0.05) is 24.3 Å². The molecule has 0 spiro atoms. The number of benzene rings is 2. The van der Waals surface area contributed by atoms with Gasteiger partial charge in [-0.2, -0.15) is 0 Å². The summed E-state index contributed by atoms with van der Waals surface area (Å²) in [7, 11) is 0. The Balaban J connectivity index is 1.43. The van der Waals surface area contributed by atoms with Gasteiger partial charge in [-0.3, -0.25) is 9.36 Å². The lowest BCUT2D eigenvalue weighted by Gasteiger charge is -2.05. The summed E-state index contributed by atoms with van der Waals surface area (Å²) in [5.74, 6) is -0.853. The highest BCUT2D eigenvalue weighted by Crippen LogP contribution is 2.40. The molecule has 1 aromatic heterocycles. The molecule has 6 heteroatoms. The van der Waals surface area contributed by atoms with Gasteiger partial charge in [0.1, 0.15) is 12.4 Å². The number of rotatable bonds is 4. The van der Waals surface area contributed by atoms with Gasteiger partial charge in [0.25, 0.3) is 0 Å². The highest BCUT2D eigenvalue weighted by atomic mass is 19.1. The molecule has 1 saturated carbocycles. The highest BCUT2D eigenvalue weighted by Gasteiger charge is 2.39. The number of hydrogen-bond acceptors (Lipinski definition) is 3. The topological polar surface area (TPSA) is 64.2 Å². The number of carbonyl (C=O) groups is 1. The fourth-order valence-electron chi connectivity index (χ4n) is 2.99. The van der Waals surface area contributed by atoms with Crippen molar-refractivity contribution < 1.29 is 13.6 Å². The molecule has 0 unspecified atom stereocenters. The molecule has 1 aliphatic rings. The lowest BCUT2D eigenvalue weighted by Crippen LogP contribution is -2.32. The Kier molecular flexibility index (Phi) is 3.45. The molecule has 4 rings (SSSR count). The standard InChI is InChI=1S/C18H15FN2O3/c19-12-7-5-11(6-8-12)13-9-14(13)20-17(22)10-21-15-3-1-2-4-16(15)24-18(21)23/h1-8,13-14H,9-10H2,(H,20,22)/t13-,14+/m0/s1. The van der Waals surface area contributed by atoms with Crippen molar-refractivity contribution in [2.75, 3.05) is 0 Å². The van der Waals surface area contributed by atoms with Gasteiger partial charge in [-0.15, -0.1) is 0 Å². The molecule has 0 aliphatic heterocycles. The number of amides is 1. The highest BCUT2D eigenvalue weighted by molar-refractivity contribution is 5.80. The van der Waals surface area contributed by atoms with Gasteiger partial charge in [-0.05, 0) is 36.2 Å². The minimum Gasteiger partial charge on any atom is -0.408 e. The summed E-state index contributed by atoms with van der Waals surface area (Å²) >= 11 is 0. The van der Waals surface area contributed by atoms with Crippen LogP contribution in [0.25, 0.3) is 11.1 Å². The van der Waals surface area contributed by atoms with Crippen LogP contribution >= 0.6 is 0 Å². The number of oxazole rings is 1. The number of para-hydroxylation sites is 2. The third kappa shape index (κ3) is 2.71. The molecule has 3 aromatic rings. The van der Waals surface area contributed by atoms with Gasteiger partial charge in [0.2, 0.25) is 5.91 Å². The first-order valence-corrected chi connectivity index (χ1v) is 7.75. The summed E-state index contributed by atoms with van der Waals surface area (Å²) in [6, 6.07) is 13.3. The molecular formula is C18H15FN2O3. The molecule has 0 radical (unpaired) electrons. The summed E-state index contributed by atoms with van der Waals surface area (Å²) in [5, 5.41) is 2.91. The predicted octanol–water partition coefficient (Wildman–Crippen LogP) is 2.41. The van der Waals surface area contributed by atoms with Crippen LogP contribution in [0.2, 0.25) is 0 Å². The average Bonchev–Trinajstić information content (AvgIpc) is 3.25. The van der Waals surface area contributed by atoms with Crippen LogP contribution in [0.5, 0.6) is 0 Å². The van der Waals surface area contributed by atoms with Gasteiger partial charge in [0.05, 0.1) is 5.52 Å². The average molecular weight is 326 g/mol. The number of carbonyl (C=O) groups excluding carboxylic acids is 1. The molecule has 1 amide bonds. The zero-order chi connectivity index (χ0) is 16.7. The van der Waals surface area contributed by atoms with E-state index >= 15 is 0 Å². The minimum absolute atomic E-state index is 0.0248. The first-order valence-electron chi connectivity index (χ1n) is 7.75. The van der Waals surface area contributed by atoms with Crippen LogP contribution in [-0.4, -0.2) is 16.5 Å². The Morgan fingerprint density at radius 3 is 2.75 bits per heavy atom. The molecule has 5 nitrogen and oxygen atoms in total. The van der Waals surface area contributed by atoms with Crippen molar-refractivity contribution in [3.63, 3.8) is 0 Å². The quantitative estimate of drug-likeness (QED) is 0.801.